The third-order valence-electron chi connectivity index (χ3n) is 5.30. The number of carbonyl (C=O) groups is 1. The Kier molecular flexibility index (Phi) is 3.84. The topological polar surface area (TPSA) is 65.4 Å². The molecule has 2 aromatic carbocycles. The van der Waals surface area contributed by atoms with Crippen LogP contribution >= 0.6 is 0 Å². The lowest BCUT2D eigenvalue weighted by molar-refractivity contribution is -0.118. The van der Waals surface area contributed by atoms with Gasteiger partial charge in [-0.25, -0.2) is 0 Å². The molecule has 2 N–H and O–H groups in total. The third kappa shape index (κ3) is 2.62. The van der Waals surface area contributed by atoms with E-state index in [1.54, 1.807) is 12.0 Å². The third-order valence-corrected chi connectivity index (χ3v) is 5.30. The highest BCUT2D eigenvalue weighted by Gasteiger charge is 2.49. The molecule has 2 heterocycles. The number of rotatable bonds is 2. The first-order valence-electron chi connectivity index (χ1n) is 9.00. The van der Waals surface area contributed by atoms with E-state index in [1.165, 1.54) is 0 Å². The maximum absolute atomic E-state index is 13.3. The Morgan fingerprint density at radius 3 is 2.63 bits per heavy atom. The summed E-state index contributed by atoms with van der Waals surface area (Å²) in [6.45, 7) is 5.72. The molecule has 5 heteroatoms. The van der Waals surface area contributed by atoms with E-state index in [0.717, 1.165) is 28.2 Å². The van der Waals surface area contributed by atoms with Gasteiger partial charge in [-0.15, -0.1) is 0 Å². The molecule has 0 atom stereocenters. The van der Waals surface area contributed by atoms with Crippen LogP contribution in [-0.4, -0.2) is 24.3 Å². The number of methoxy groups -OCH3 is 1. The van der Waals surface area contributed by atoms with Crippen molar-refractivity contribution in [2.45, 2.75) is 32.7 Å². The standard InChI is InChI=1S/C22H23N3O2/c1-13-9-15(12-16(10-13)27-4)25-21(23)19(20(26)22(25,2)3)18-11-14-7-5-6-8-17(14)24-18/h5-10,12,23-24H,11H2,1-4H3. The van der Waals surface area contributed by atoms with Crippen LogP contribution in [0.25, 0.3) is 0 Å². The van der Waals surface area contributed by atoms with Crippen LogP contribution in [0.15, 0.2) is 53.7 Å². The second-order valence-corrected chi connectivity index (χ2v) is 7.59. The molecule has 0 aliphatic carbocycles. The van der Waals surface area contributed by atoms with E-state index < -0.39 is 5.54 Å². The average molecular weight is 361 g/mol. The number of ketones is 1. The minimum Gasteiger partial charge on any atom is -0.497 e. The fraction of sp³-hybridized carbons (Fsp3) is 0.273. The first kappa shape index (κ1) is 17.3. The van der Waals surface area contributed by atoms with Gasteiger partial charge < -0.3 is 15.0 Å². The molecule has 27 heavy (non-hydrogen) atoms. The number of hydrogen-bond donors (Lipinski definition) is 2. The smallest absolute Gasteiger partial charge is 0.193 e. The fourth-order valence-corrected chi connectivity index (χ4v) is 3.96. The molecule has 0 spiro atoms. The minimum atomic E-state index is -0.839. The van der Waals surface area contributed by atoms with E-state index in [2.05, 4.69) is 5.32 Å². The minimum absolute atomic E-state index is 0.0386. The van der Waals surface area contributed by atoms with Crippen molar-refractivity contribution < 1.29 is 9.53 Å². The number of nitrogens with one attached hydrogen (secondary N) is 2. The van der Waals surface area contributed by atoms with E-state index in [9.17, 15) is 4.79 Å². The first-order chi connectivity index (χ1) is 12.8. The van der Waals surface area contributed by atoms with Crippen molar-refractivity contribution in [3.8, 4) is 5.75 Å². The molecular weight excluding hydrogens is 338 g/mol. The highest BCUT2D eigenvalue weighted by Crippen LogP contribution is 2.40. The van der Waals surface area contributed by atoms with Gasteiger partial charge in [0.1, 0.15) is 17.1 Å². The predicted molar refractivity (Wildman–Crippen MR) is 108 cm³/mol. The molecule has 0 radical (unpaired) electrons. The molecule has 1 saturated heterocycles. The molecule has 0 unspecified atom stereocenters. The Bertz CT molecular complexity index is 977. The van der Waals surface area contributed by atoms with Crippen LogP contribution in [0.3, 0.4) is 0 Å². The van der Waals surface area contributed by atoms with Crippen LogP contribution < -0.4 is 15.0 Å². The molecule has 2 aliphatic heterocycles. The number of nitrogens with zero attached hydrogens (tertiary/aromatic N) is 1. The van der Waals surface area contributed by atoms with Gasteiger partial charge in [0.2, 0.25) is 0 Å². The van der Waals surface area contributed by atoms with Crippen molar-refractivity contribution in [3.63, 3.8) is 0 Å². The summed E-state index contributed by atoms with van der Waals surface area (Å²) in [5, 5.41) is 12.2. The molecule has 138 valence electrons. The lowest BCUT2D eigenvalue weighted by Crippen LogP contribution is -2.44. The molecule has 0 saturated carbocycles. The van der Waals surface area contributed by atoms with Crippen LogP contribution in [0.1, 0.15) is 25.0 Å². The SMILES string of the molecule is COc1cc(C)cc(N2C(=N)C(=C3Cc4ccccc4N3)C(=O)C2(C)C)c1. The number of Topliss-reactive ketones (excluding diaryl/α,β-unsaturated/α-hetero) is 1. The van der Waals surface area contributed by atoms with Crippen LogP contribution in [0.4, 0.5) is 11.4 Å². The highest BCUT2D eigenvalue weighted by molar-refractivity contribution is 6.36. The van der Waals surface area contributed by atoms with E-state index in [1.807, 2.05) is 63.2 Å². The Balaban J connectivity index is 1.81. The summed E-state index contributed by atoms with van der Waals surface area (Å²) in [4.78, 5) is 15.1. The Morgan fingerprint density at radius 2 is 1.93 bits per heavy atom. The van der Waals surface area contributed by atoms with Crippen molar-refractivity contribution in [1.29, 1.82) is 5.41 Å². The Morgan fingerprint density at radius 1 is 1.19 bits per heavy atom. The molecule has 0 bridgehead atoms. The second-order valence-electron chi connectivity index (χ2n) is 7.59. The molecule has 1 fully saturated rings. The summed E-state index contributed by atoms with van der Waals surface area (Å²) in [7, 11) is 1.62. The molecular formula is C22H23N3O2. The van der Waals surface area contributed by atoms with Gasteiger partial charge in [-0.2, -0.15) is 0 Å². The second kappa shape index (κ2) is 5.98. The highest BCUT2D eigenvalue weighted by atomic mass is 16.5. The van der Waals surface area contributed by atoms with E-state index >= 15 is 0 Å². The lowest BCUT2D eigenvalue weighted by atomic mass is 9.95. The number of fused-ring (bicyclic) bond motifs is 1. The van der Waals surface area contributed by atoms with Crippen molar-refractivity contribution >= 4 is 23.0 Å². The first-order valence-corrected chi connectivity index (χ1v) is 9.00. The summed E-state index contributed by atoms with van der Waals surface area (Å²) in [6.07, 6.45) is 0.640. The van der Waals surface area contributed by atoms with Crippen molar-refractivity contribution in [2.75, 3.05) is 17.3 Å². The number of para-hydroxylation sites is 1. The maximum atomic E-state index is 13.3. The molecule has 5 nitrogen and oxygen atoms in total. The molecule has 2 aromatic rings. The summed E-state index contributed by atoms with van der Waals surface area (Å²) >= 11 is 0. The fourth-order valence-electron chi connectivity index (χ4n) is 3.96. The van der Waals surface area contributed by atoms with Gasteiger partial charge in [-0.3, -0.25) is 10.2 Å². The normalized spacial score (nSPS) is 20.7. The quantitative estimate of drug-likeness (QED) is 0.792. The number of benzene rings is 2. The number of ether oxygens (including phenoxy) is 1. The number of carbonyl (C=O) groups excluding carboxylic acids is 1. The van der Waals surface area contributed by atoms with Crippen molar-refractivity contribution in [2.24, 2.45) is 0 Å². The summed E-state index contributed by atoms with van der Waals surface area (Å²) in [6, 6.07) is 13.8. The molecule has 0 aromatic heterocycles. The van der Waals surface area contributed by atoms with Crippen molar-refractivity contribution in [1.82, 2.24) is 0 Å². The van der Waals surface area contributed by atoms with Gasteiger partial charge in [0, 0.05) is 29.6 Å². The van der Waals surface area contributed by atoms with Gasteiger partial charge in [-0.05, 0) is 50.1 Å². The van der Waals surface area contributed by atoms with Gasteiger partial charge in [0.15, 0.2) is 5.78 Å². The lowest BCUT2D eigenvalue weighted by Gasteiger charge is -2.31. The van der Waals surface area contributed by atoms with Gasteiger partial charge >= 0.3 is 0 Å². The Labute approximate surface area is 159 Å². The summed E-state index contributed by atoms with van der Waals surface area (Å²) in [5.74, 6) is 0.907. The summed E-state index contributed by atoms with van der Waals surface area (Å²) < 4.78 is 5.39. The maximum Gasteiger partial charge on any atom is 0.193 e. The Hall–Kier alpha value is -3.08. The zero-order valence-corrected chi connectivity index (χ0v) is 16.0. The monoisotopic (exact) mass is 361 g/mol. The van der Waals surface area contributed by atoms with Crippen molar-refractivity contribution in [3.05, 3.63) is 64.9 Å². The van der Waals surface area contributed by atoms with E-state index in [-0.39, 0.29) is 11.6 Å². The predicted octanol–water partition coefficient (Wildman–Crippen LogP) is 4.07. The van der Waals surface area contributed by atoms with Crippen LogP contribution in [0, 0.1) is 12.3 Å². The molecule has 2 aliphatic rings. The van der Waals surface area contributed by atoms with Gasteiger partial charge in [0.05, 0.1) is 12.7 Å². The number of allylic oxidation sites excluding steroid dienone is 1. The number of aryl methyl sites for hydroxylation is 1. The summed E-state index contributed by atoms with van der Waals surface area (Å²) in [5.41, 5.74) is 4.41. The van der Waals surface area contributed by atoms with Crippen LogP contribution in [-0.2, 0) is 11.2 Å². The average Bonchev–Trinajstić information content (AvgIpc) is 3.11. The molecule has 0 amide bonds. The zero-order chi connectivity index (χ0) is 19.3. The number of anilines is 2. The van der Waals surface area contributed by atoms with E-state index in [0.29, 0.717) is 17.7 Å². The largest absolute Gasteiger partial charge is 0.497 e. The van der Waals surface area contributed by atoms with Crippen LogP contribution in [0.2, 0.25) is 0 Å². The van der Waals surface area contributed by atoms with Gasteiger partial charge in [0.25, 0.3) is 0 Å². The molecule has 4 rings (SSSR count). The van der Waals surface area contributed by atoms with Gasteiger partial charge in [-0.1, -0.05) is 18.2 Å². The zero-order valence-electron chi connectivity index (χ0n) is 16.0. The van der Waals surface area contributed by atoms with E-state index in [4.69, 9.17) is 10.1 Å². The number of amidine groups is 1. The van der Waals surface area contributed by atoms with Crippen LogP contribution in [0.5, 0.6) is 5.75 Å². The number of hydrogen-bond acceptors (Lipinski definition) is 4.